The molecule has 0 unspecified atom stereocenters. The third-order valence-corrected chi connectivity index (χ3v) is 4.89. The quantitative estimate of drug-likeness (QED) is 0.337. The molecule has 0 radical (unpaired) electrons. The first-order valence-electron chi connectivity index (χ1n) is 11.7. The van der Waals surface area contributed by atoms with Crippen LogP contribution in [0.3, 0.4) is 0 Å². The zero-order valence-corrected chi connectivity index (χ0v) is 20.1. The molecular weight excluding hydrogens is 392 g/mol. The number of hydrogen-bond acceptors (Lipinski definition) is 5. The summed E-state index contributed by atoms with van der Waals surface area (Å²) in [5.41, 5.74) is 1.99. The number of unbranched alkanes of at least 4 members (excludes halogenated alkanes) is 6. The highest BCUT2D eigenvalue weighted by Gasteiger charge is 2.15. The van der Waals surface area contributed by atoms with Gasteiger partial charge in [0, 0.05) is 38.9 Å². The third-order valence-electron chi connectivity index (χ3n) is 4.89. The van der Waals surface area contributed by atoms with Crippen LogP contribution in [-0.4, -0.2) is 61.2 Å². The van der Waals surface area contributed by atoms with Gasteiger partial charge in [-0.05, 0) is 49.9 Å². The number of nitrogens with one attached hydrogen (secondary N) is 1. The monoisotopic (exact) mass is 438 g/mol. The molecule has 0 heterocycles. The summed E-state index contributed by atoms with van der Waals surface area (Å²) >= 11 is 0. The van der Waals surface area contributed by atoms with Gasteiger partial charge in [0.05, 0.1) is 0 Å². The van der Waals surface area contributed by atoms with Crippen LogP contribution in [0.4, 0.5) is 0 Å². The number of benzene rings is 1. The van der Waals surface area contributed by atoms with Crippen molar-refractivity contribution in [2.45, 2.75) is 78.2 Å². The molecule has 0 aliphatic heterocycles. The Bertz CT molecular complexity index is 509. The van der Waals surface area contributed by atoms with E-state index in [9.17, 15) is 4.79 Å². The van der Waals surface area contributed by atoms with Gasteiger partial charge in [0.2, 0.25) is 0 Å². The standard InChI is InChI=1S/C23H40N2O2.CH4O.CH2O/c1-3-5-7-10-18-25(17-9-6-4-2)23(27)22-14-12-21(13-15-22)20-24-16-8-11-19-26;2*1-2/h12-15,24,26H,3-11,16-20H2,1-2H3;2H,1H3;1H2. The first-order chi connectivity index (χ1) is 15.2. The SMILES string of the molecule is C=O.CCCCCCN(CCCCC)C(=O)c1ccc(CNCCCCO)cc1.CO. The van der Waals surface area contributed by atoms with E-state index in [1.54, 1.807) is 0 Å². The van der Waals surface area contributed by atoms with Gasteiger partial charge in [-0.25, -0.2) is 0 Å². The third kappa shape index (κ3) is 16.6. The molecule has 0 aliphatic rings. The molecule has 0 aliphatic carbocycles. The molecule has 0 saturated heterocycles. The summed E-state index contributed by atoms with van der Waals surface area (Å²) in [5, 5.41) is 19.2. The molecule has 31 heavy (non-hydrogen) atoms. The van der Waals surface area contributed by atoms with Gasteiger partial charge in [-0.3, -0.25) is 4.79 Å². The lowest BCUT2D eigenvalue weighted by Gasteiger charge is -2.23. The van der Waals surface area contributed by atoms with Gasteiger partial charge < -0.3 is 25.2 Å². The maximum Gasteiger partial charge on any atom is 0.253 e. The van der Waals surface area contributed by atoms with Gasteiger partial charge in [0.1, 0.15) is 6.79 Å². The Labute approximate surface area is 190 Å². The second kappa shape index (κ2) is 24.5. The zero-order chi connectivity index (χ0) is 23.7. The maximum absolute atomic E-state index is 12.9. The van der Waals surface area contributed by atoms with Crippen LogP contribution in [0.25, 0.3) is 0 Å². The maximum atomic E-state index is 12.9. The normalized spacial score (nSPS) is 9.84. The first kappa shape index (κ1) is 31.4. The lowest BCUT2D eigenvalue weighted by molar-refractivity contribution is -0.0980. The van der Waals surface area contributed by atoms with E-state index in [-0.39, 0.29) is 12.5 Å². The van der Waals surface area contributed by atoms with Gasteiger partial charge >= 0.3 is 0 Å². The van der Waals surface area contributed by atoms with E-state index in [1.807, 2.05) is 36.0 Å². The predicted molar refractivity (Wildman–Crippen MR) is 129 cm³/mol. The smallest absolute Gasteiger partial charge is 0.253 e. The van der Waals surface area contributed by atoms with Crippen LogP contribution in [-0.2, 0) is 11.3 Å². The number of aliphatic hydroxyl groups is 2. The Morgan fingerprint density at radius 2 is 1.42 bits per heavy atom. The van der Waals surface area contributed by atoms with Crippen molar-refractivity contribution in [1.82, 2.24) is 10.2 Å². The van der Waals surface area contributed by atoms with Crippen LogP contribution < -0.4 is 5.32 Å². The molecule has 1 aromatic rings. The Hall–Kier alpha value is -1.76. The Balaban J connectivity index is 0. The molecular formula is C25H46N2O4. The van der Waals surface area contributed by atoms with E-state index >= 15 is 0 Å². The van der Waals surface area contributed by atoms with Crippen molar-refractivity contribution in [3.8, 4) is 0 Å². The fourth-order valence-electron chi connectivity index (χ4n) is 3.14. The highest BCUT2D eigenvalue weighted by molar-refractivity contribution is 5.94. The van der Waals surface area contributed by atoms with Crippen molar-refractivity contribution in [3.05, 3.63) is 35.4 Å². The Kier molecular flexibility index (Phi) is 24.8. The van der Waals surface area contributed by atoms with E-state index < -0.39 is 0 Å². The lowest BCUT2D eigenvalue weighted by atomic mass is 10.1. The topological polar surface area (TPSA) is 89.9 Å². The van der Waals surface area contributed by atoms with E-state index in [1.165, 1.54) is 37.7 Å². The van der Waals surface area contributed by atoms with E-state index in [0.29, 0.717) is 0 Å². The van der Waals surface area contributed by atoms with Crippen LogP contribution in [0, 0.1) is 0 Å². The van der Waals surface area contributed by atoms with Crippen molar-refractivity contribution < 1.29 is 19.8 Å². The summed E-state index contributed by atoms with van der Waals surface area (Å²) in [4.78, 5) is 23.0. The molecule has 1 aromatic carbocycles. The summed E-state index contributed by atoms with van der Waals surface area (Å²) in [6.45, 7) is 10.1. The van der Waals surface area contributed by atoms with Crippen LogP contribution in [0.15, 0.2) is 24.3 Å². The summed E-state index contributed by atoms with van der Waals surface area (Å²) in [6.07, 6.45) is 10.0. The number of rotatable bonds is 16. The number of carbonyl (C=O) groups is 2. The van der Waals surface area contributed by atoms with Gasteiger partial charge in [-0.2, -0.15) is 0 Å². The molecule has 0 atom stereocenters. The zero-order valence-electron chi connectivity index (χ0n) is 20.1. The fourth-order valence-corrected chi connectivity index (χ4v) is 3.14. The molecule has 180 valence electrons. The largest absolute Gasteiger partial charge is 0.400 e. The summed E-state index contributed by atoms with van der Waals surface area (Å²) in [7, 11) is 1.00. The van der Waals surface area contributed by atoms with Gasteiger partial charge in [-0.1, -0.05) is 58.1 Å². The summed E-state index contributed by atoms with van der Waals surface area (Å²) in [6, 6.07) is 8.03. The highest BCUT2D eigenvalue weighted by Crippen LogP contribution is 2.11. The summed E-state index contributed by atoms with van der Waals surface area (Å²) in [5.74, 6) is 0.171. The fraction of sp³-hybridized carbons (Fsp3) is 0.680. The van der Waals surface area contributed by atoms with Gasteiger partial charge in [-0.15, -0.1) is 0 Å². The molecule has 0 fully saturated rings. The van der Waals surface area contributed by atoms with Crippen molar-refractivity contribution in [2.75, 3.05) is 33.4 Å². The molecule has 3 N–H and O–H groups in total. The van der Waals surface area contributed by atoms with Gasteiger partial charge in [0.15, 0.2) is 0 Å². The second-order valence-corrected chi connectivity index (χ2v) is 7.36. The first-order valence-corrected chi connectivity index (χ1v) is 11.7. The number of aliphatic hydroxyl groups excluding tert-OH is 2. The number of hydrogen-bond donors (Lipinski definition) is 3. The molecule has 6 nitrogen and oxygen atoms in total. The molecule has 1 rings (SSSR count). The molecule has 0 aromatic heterocycles. The average Bonchev–Trinajstić information content (AvgIpc) is 2.83. The van der Waals surface area contributed by atoms with Crippen LogP contribution in [0.2, 0.25) is 0 Å². The Morgan fingerprint density at radius 3 is 1.97 bits per heavy atom. The van der Waals surface area contributed by atoms with E-state index in [2.05, 4.69) is 19.2 Å². The predicted octanol–water partition coefficient (Wildman–Crippen LogP) is 4.19. The van der Waals surface area contributed by atoms with Crippen molar-refractivity contribution in [3.63, 3.8) is 0 Å². The van der Waals surface area contributed by atoms with Crippen LogP contribution in [0.1, 0.15) is 87.6 Å². The lowest BCUT2D eigenvalue weighted by Crippen LogP contribution is -2.33. The molecule has 0 spiro atoms. The molecule has 6 heteroatoms. The Morgan fingerprint density at radius 1 is 0.871 bits per heavy atom. The second-order valence-electron chi connectivity index (χ2n) is 7.36. The molecule has 0 bridgehead atoms. The minimum absolute atomic E-state index is 0.171. The molecule has 0 saturated carbocycles. The molecule has 1 amide bonds. The van der Waals surface area contributed by atoms with Crippen LogP contribution >= 0.6 is 0 Å². The highest BCUT2D eigenvalue weighted by atomic mass is 16.3. The van der Waals surface area contributed by atoms with E-state index in [0.717, 1.165) is 64.5 Å². The summed E-state index contributed by atoms with van der Waals surface area (Å²) < 4.78 is 0. The number of carbonyl (C=O) groups excluding carboxylic acids is 2. The van der Waals surface area contributed by atoms with Crippen LogP contribution in [0.5, 0.6) is 0 Å². The minimum atomic E-state index is 0.171. The number of amides is 1. The van der Waals surface area contributed by atoms with Crippen molar-refractivity contribution in [1.29, 1.82) is 0 Å². The van der Waals surface area contributed by atoms with Crippen molar-refractivity contribution in [2.24, 2.45) is 0 Å². The van der Waals surface area contributed by atoms with Gasteiger partial charge in [0.25, 0.3) is 5.91 Å². The number of nitrogens with zero attached hydrogens (tertiary/aromatic N) is 1. The van der Waals surface area contributed by atoms with Crippen molar-refractivity contribution >= 4 is 12.7 Å². The minimum Gasteiger partial charge on any atom is -0.400 e. The van der Waals surface area contributed by atoms with E-state index in [4.69, 9.17) is 15.0 Å². The average molecular weight is 439 g/mol.